The number of amides is 1. The van der Waals surface area contributed by atoms with E-state index < -0.39 is 5.82 Å². The normalized spacial score (nSPS) is 14.9. The van der Waals surface area contributed by atoms with E-state index in [1.54, 1.807) is 6.08 Å². The van der Waals surface area contributed by atoms with Gasteiger partial charge in [0.05, 0.1) is 15.6 Å². The second-order valence-electron chi connectivity index (χ2n) is 7.61. The van der Waals surface area contributed by atoms with Gasteiger partial charge in [-0.2, -0.15) is 0 Å². The number of carbonyl (C=O) groups is 1. The fourth-order valence-electron chi connectivity index (χ4n) is 3.71. The van der Waals surface area contributed by atoms with E-state index in [0.29, 0.717) is 21.5 Å². The van der Waals surface area contributed by atoms with Crippen molar-refractivity contribution in [2.24, 2.45) is 0 Å². The number of nitrogens with zero attached hydrogens (tertiary/aromatic N) is 1. The first kappa shape index (κ1) is 22.6. The maximum absolute atomic E-state index is 13.5. The van der Waals surface area contributed by atoms with Crippen molar-refractivity contribution < 1.29 is 13.9 Å². The number of anilines is 1. The van der Waals surface area contributed by atoms with Crippen molar-refractivity contribution in [1.82, 2.24) is 0 Å². The molecule has 0 aliphatic carbocycles. The Balaban J connectivity index is 1.30. The fourth-order valence-corrected chi connectivity index (χ4v) is 5.18. The Morgan fingerprint density at radius 3 is 2.56 bits per heavy atom. The summed E-state index contributed by atoms with van der Waals surface area (Å²) in [7, 11) is 0. The number of ether oxygens (including phenoxy) is 1. The van der Waals surface area contributed by atoms with E-state index in [-0.39, 0.29) is 10.9 Å². The van der Waals surface area contributed by atoms with E-state index in [2.05, 4.69) is 24.3 Å². The standard InChI is InChI=1S/C27H17ClFNO2S2/c28-23-15-20(10-13-24(23)29)30-26(31)25(34-27(30)33)14-17-8-11-21(12-9-17)32-16-19-6-3-5-18-4-1-2-7-22(18)19/h1-15H,16H2/b25-14+. The molecule has 3 nitrogen and oxygen atoms in total. The number of hydrogen-bond donors (Lipinski definition) is 0. The van der Waals surface area contributed by atoms with Crippen LogP contribution in [0.5, 0.6) is 5.75 Å². The molecule has 0 spiro atoms. The van der Waals surface area contributed by atoms with Gasteiger partial charge in [-0.25, -0.2) is 4.39 Å². The Bertz CT molecular complexity index is 1450. The maximum Gasteiger partial charge on any atom is 0.270 e. The van der Waals surface area contributed by atoms with E-state index in [4.69, 9.17) is 28.6 Å². The lowest BCUT2D eigenvalue weighted by atomic mass is 10.1. The third-order valence-electron chi connectivity index (χ3n) is 5.41. The second kappa shape index (κ2) is 9.58. The zero-order chi connectivity index (χ0) is 23.7. The van der Waals surface area contributed by atoms with Crippen molar-refractivity contribution in [3.8, 4) is 5.75 Å². The average Bonchev–Trinajstić information content (AvgIpc) is 3.13. The van der Waals surface area contributed by atoms with Crippen LogP contribution in [-0.2, 0) is 11.4 Å². The third-order valence-corrected chi connectivity index (χ3v) is 7.00. The molecule has 34 heavy (non-hydrogen) atoms. The van der Waals surface area contributed by atoms with Crippen LogP contribution in [0.1, 0.15) is 11.1 Å². The SMILES string of the molecule is O=C1/C(=C\c2ccc(OCc3cccc4ccccc34)cc2)SC(=S)N1c1ccc(F)c(Cl)c1. The summed E-state index contributed by atoms with van der Waals surface area (Å²) in [4.78, 5) is 14.8. The highest BCUT2D eigenvalue weighted by Gasteiger charge is 2.33. The molecule has 0 N–H and O–H groups in total. The first-order chi connectivity index (χ1) is 16.5. The van der Waals surface area contributed by atoms with Crippen molar-refractivity contribution in [2.75, 3.05) is 4.90 Å². The zero-order valence-corrected chi connectivity index (χ0v) is 20.1. The molecule has 1 aliphatic heterocycles. The molecular formula is C27H17ClFNO2S2. The van der Waals surface area contributed by atoms with E-state index in [9.17, 15) is 9.18 Å². The molecule has 0 atom stereocenters. The molecule has 1 fully saturated rings. The van der Waals surface area contributed by atoms with Crippen molar-refractivity contribution in [3.63, 3.8) is 0 Å². The molecule has 0 bridgehead atoms. The molecule has 7 heteroatoms. The number of carbonyl (C=O) groups excluding carboxylic acids is 1. The van der Waals surface area contributed by atoms with Gasteiger partial charge in [0.15, 0.2) is 4.32 Å². The van der Waals surface area contributed by atoms with E-state index in [1.807, 2.05) is 42.5 Å². The number of rotatable bonds is 5. The molecule has 1 saturated heterocycles. The smallest absolute Gasteiger partial charge is 0.270 e. The van der Waals surface area contributed by atoms with Gasteiger partial charge in [-0.1, -0.05) is 90.2 Å². The van der Waals surface area contributed by atoms with Crippen LogP contribution < -0.4 is 9.64 Å². The van der Waals surface area contributed by atoms with Crippen molar-refractivity contribution in [2.45, 2.75) is 6.61 Å². The minimum atomic E-state index is -0.547. The maximum atomic E-state index is 13.5. The molecule has 1 aliphatic rings. The molecule has 1 amide bonds. The van der Waals surface area contributed by atoms with Gasteiger partial charge < -0.3 is 4.74 Å². The van der Waals surface area contributed by atoms with Crippen LogP contribution in [0.25, 0.3) is 16.8 Å². The zero-order valence-electron chi connectivity index (χ0n) is 17.7. The van der Waals surface area contributed by atoms with Gasteiger partial charge in [-0.05, 0) is 58.3 Å². The number of halogens is 2. The summed E-state index contributed by atoms with van der Waals surface area (Å²) in [5.74, 6) is -0.0818. The Morgan fingerprint density at radius 2 is 1.76 bits per heavy atom. The van der Waals surface area contributed by atoms with Crippen LogP contribution in [0, 0.1) is 5.82 Å². The fraction of sp³-hybridized carbons (Fsp3) is 0.0370. The van der Waals surface area contributed by atoms with E-state index >= 15 is 0 Å². The van der Waals surface area contributed by atoms with Gasteiger partial charge in [0.25, 0.3) is 5.91 Å². The van der Waals surface area contributed by atoms with E-state index in [1.165, 1.54) is 45.6 Å². The number of hydrogen-bond acceptors (Lipinski definition) is 4. The topological polar surface area (TPSA) is 29.5 Å². The molecule has 0 aromatic heterocycles. The molecular weight excluding hydrogens is 489 g/mol. The van der Waals surface area contributed by atoms with E-state index in [0.717, 1.165) is 16.9 Å². The second-order valence-corrected chi connectivity index (χ2v) is 9.69. The summed E-state index contributed by atoms with van der Waals surface area (Å²) in [6, 6.07) is 26.0. The quantitative estimate of drug-likeness (QED) is 0.206. The number of thiocarbonyl (C=S) groups is 1. The molecule has 0 unspecified atom stereocenters. The summed E-state index contributed by atoms with van der Waals surface area (Å²) in [6.45, 7) is 0.458. The summed E-state index contributed by atoms with van der Waals surface area (Å²) in [6.07, 6.45) is 1.78. The Kier molecular flexibility index (Phi) is 6.37. The van der Waals surface area contributed by atoms with Crippen LogP contribution in [0.3, 0.4) is 0 Å². The Labute approximate surface area is 210 Å². The third kappa shape index (κ3) is 4.57. The molecule has 0 radical (unpaired) electrons. The van der Waals surface area contributed by atoms with Crippen molar-refractivity contribution in [3.05, 3.63) is 112 Å². The minimum Gasteiger partial charge on any atom is -0.489 e. The van der Waals surface area contributed by atoms with Gasteiger partial charge in [-0.15, -0.1) is 0 Å². The highest BCUT2D eigenvalue weighted by Crippen LogP contribution is 2.37. The highest BCUT2D eigenvalue weighted by atomic mass is 35.5. The first-order valence-corrected chi connectivity index (χ1v) is 12.0. The molecule has 4 aromatic carbocycles. The Morgan fingerprint density at radius 1 is 1.00 bits per heavy atom. The van der Waals surface area contributed by atoms with Gasteiger partial charge in [0.1, 0.15) is 18.2 Å². The first-order valence-electron chi connectivity index (χ1n) is 10.4. The molecule has 4 aromatic rings. The Hall–Kier alpha value is -3.19. The van der Waals surface area contributed by atoms with Crippen LogP contribution in [0.15, 0.2) is 89.8 Å². The van der Waals surface area contributed by atoms with Gasteiger partial charge in [-0.3, -0.25) is 9.69 Å². The molecule has 0 saturated carbocycles. The van der Waals surface area contributed by atoms with Crippen molar-refractivity contribution >= 4 is 68.3 Å². The minimum absolute atomic E-state index is 0.0605. The number of benzene rings is 4. The van der Waals surface area contributed by atoms with Crippen LogP contribution >= 0.6 is 35.6 Å². The van der Waals surface area contributed by atoms with Crippen LogP contribution in [-0.4, -0.2) is 10.2 Å². The van der Waals surface area contributed by atoms with Gasteiger partial charge in [0, 0.05) is 0 Å². The van der Waals surface area contributed by atoms with Crippen LogP contribution in [0.2, 0.25) is 5.02 Å². The summed E-state index contributed by atoms with van der Waals surface area (Å²) < 4.78 is 19.9. The lowest BCUT2D eigenvalue weighted by Gasteiger charge is -2.14. The summed E-state index contributed by atoms with van der Waals surface area (Å²) in [5.41, 5.74) is 2.40. The predicted octanol–water partition coefficient (Wildman–Crippen LogP) is 7.62. The van der Waals surface area contributed by atoms with Crippen molar-refractivity contribution in [1.29, 1.82) is 0 Å². The highest BCUT2D eigenvalue weighted by molar-refractivity contribution is 8.27. The monoisotopic (exact) mass is 505 g/mol. The lowest BCUT2D eigenvalue weighted by Crippen LogP contribution is -2.27. The number of fused-ring (bicyclic) bond motifs is 1. The summed E-state index contributed by atoms with van der Waals surface area (Å²) >= 11 is 12.4. The van der Waals surface area contributed by atoms with Gasteiger partial charge >= 0.3 is 0 Å². The van der Waals surface area contributed by atoms with Gasteiger partial charge in [0.2, 0.25) is 0 Å². The lowest BCUT2D eigenvalue weighted by molar-refractivity contribution is -0.113. The molecule has 168 valence electrons. The molecule has 5 rings (SSSR count). The van der Waals surface area contributed by atoms with Crippen LogP contribution in [0.4, 0.5) is 10.1 Å². The average molecular weight is 506 g/mol. The summed E-state index contributed by atoms with van der Waals surface area (Å²) in [5, 5.41) is 2.29. The molecule has 1 heterocycles. The largest absolute Gasteiger partial charge is 0.489 e. The number of thioether (sulfide) groups is 1. The predicted molar refractivity (Wildman–Crippen MR) is 142 cm³/mol.